The molecule has 1 aromatic rings. The Kier molecular flexibility index (Phi) is 9.12. The highest BCUT2D eigenvalue weighted by molar-refractivity contribution is 8.00. The van der Waals surface area contributed by atoms with Crippen LogP contribution >= 0.6 is 24.2 Å². The molecule has 5 nitrogen and oxygen atoms in total. The first kappa shape index (κ1) is 23.0. The quantitative estimate of drug-likeness (QED) is 0.688. The molecule has 2 fully saturated rings. The molecule has 156 valence electrons. The molecule has 2 saturated heterocycles. The predicted molar refractivity (Wildman–Crippen MR) is 117 cm³/mol. The monoisotopic (exact) mass is 425 g/mol. The van der Waals surface area contributed by atoms with Crippen LogP contribution in [0, 0.1) is 12.8 Å². The van der Waals surface area contributed by atoms with E-state index in [-0.39, 0.29) is 35.5 Å². The lowest BCUT2D eigenvalue weighted by atomic mass is 9.97. The van der Waals surface area contributed by atoms with Crippen molar-refractivity contribution in [2.75, 3.05) is 26.2 Å². The molecular formula is C21H32ClN3O2S. The van der Waals surface area contributed by atoms with E-state index in [4.69, 9.17) is 0 Å². The van der Waals surface area contributed by atoms with Gasteiger partial charge in [0.2, 0.25) is 11.8 Å². The van der Waals surface area contributed by atoms with Crippen molar-refractivity contribution < 1.29 is 9.59 Å². The summed E-state index contributed by atoms with van der Waals surface area (Å²) < 4.78 is 0. The molecule has 3 unspecified atom stereocenters. The molecule has 2 N–H and O–H groups in total. The van der Waals surface area contributed by atoms with Crippen LogP contribution in [0.15, 0.2) is 29.2 Å². The van der Waals surface area contributed by atoms with Gasteiger partial charge in [0.05, 0.1) is 11.3 Å². The first-order chi connectivity index (χ1) is 13.0. The molecule has 3 atom stereocenters. The van der Waals surface area contributed by atoms with Gasteiger partial charge in [-0.2, -0.15) is 0 Å². The molecule has 2 heterocycles. The van der Waals surface area contributed by atoms with E-state index in [2.05, 4.69) is 41.8 Å². The van der Waals surface area contributed by atoms with E-state index in [1.54, 1.807) is 11.8 Å². The van der Waals surface area contributed by atoms with Crippen molar-refractivity contribution in [2.24, 2.45) is 5.92 Å². The van der Waals surface area contributed by atoms with Crippen molar-refractivity contribution in [3.05, 3.63) is 29.8 Å². The Bertz CT molecular complexity index is 650. The predicted octanol–water partition coefficient (Wildman–Crippen LogP) is 3.00. The third-order valence-electron chi connectivity index (χ3n) is 5.45. The minimum Gasteiger partial charge on any atom is -0.354 e. The highest BCUT2D eigenvalue weighted by Gasteiger charge is 2.28. The second-order valence-electron chi connectivity index (χ2n) is 7.76. The molecule has 1 aromatic carbocycles. The van der Waals surface area contributed by atoms with Gasteiger partial charge >= 0.3 is 0 Å². The number of hydrogen-bond donors (Lipinski definition) is 2. The van der Waals surface area contributed by atoms with E-state index in [9.17, 15) is 9.59 Å². The summed E-state index contributed by atoms with van der Waals surface area (Å²) in [5.74, 6) is 0.665. The van der Waals surface area contributed by atoms with E-state index in [0.717, 1.165) is 50.2 Å². The smallest absolute Gasteiger partial charge is 0.237 e. The maximum atomic E-state index is 12.9. The first-order valence-electron chi connectivity index (χ1n) is 10.1. The van der Waals surface area contributed by atoms with Crippen LogP contribution in [0.5, 0.6) is 0 Å². The number of benzene rings is 1. The van der Waals surface area contributed by atoms with E-state index < -0.39 is 0 Å². The van der Waals surface area contributed by atoms with Crippen LogP contribution in [0.3, 0.4) is 0 Å². The summed E-state index contributed by atoms with van der Waals surface area (Å²) in [5, 5.41) is 6.22. The van der Waals surface area contributed by atoms with Crippen molar-refractivity contribution >= 4 is 36.0 Å². The molecular weight excluding hydrogens is 394 g/mol. The Labute approximate surface area is 178 Å². The summed E-state index contributed by atoms with van der Waals surface area (Å²) in [6.45, 7) is 7.23. The number of halogens is 1. The molecule has 2 aliphatic rings. The molecule has 0 bridgehead atoms. The third-order valence-corrected chi connectivity index (χ3v) is 6.55. The van der Waals surface area contributed by atoms with Crippen LogP contribution in [0.4, 0.5) is 0 Å². The maximum Gasteiger partial charge on any atom is 0.237 e. The highest BCUT2D eigenvalue weighted by atomic mass is 35.5. The van der Waals surface area contributed by atoms with Gasteiger partial charge in [-0.25, -0.2) is 0 Å². The van der Waals surface area contributed by atoms with Crippen LogP contribution < -0.4 is 10.6 Å². The second kappa shape index (κ2) is 11.1. The zero-order chi connectivity index (χ0) is 19.2. The van der Waals surface area contributed by atoms with Crippen molar-refractivity contribution in [1.82, 2.24) is 15.5 Å². The molecule has 2 amide bonds. The van der Waals surface area contributed by atoms with E-state index in [1.807, 2.05) is 11.8 Å². The fourth-order valence-electron chi connectivity index (χ4n) is 3.84. The van der Waals surface area contributed by atoms with Crippen molar-refractivity contribution in [3.63, 3.8) is 0 Å². The SMILES string of the molecule is Cc1ccc(SC(C)C(=O)N2CCCC(CNC(=O)C3CCCN3)C2)cc1.Cl. The van der Waals surface area contributed by atoms with Gasteiger partial charge in [0.15, 0.2) is 0 Å². The molecule has 0 saturated carbocycles. The molecule has 2 aliphatic heterocycles. The minimum absolute atomic E-state index is 0. The Morgan fingerprint density at radius 3 is 2.68 bits per heavy atom. The molecule has 0 aromatic heterocycles. The van der Waals surface area contributed by atoms with Gasteiger partial charge in [0.25, 0.3) is 0 Å². The zero-order valence-corrected chi connectivity index (χ0v) is 18.4. The van der Waals surface area contributed by atoms with E-state index >= 15 is 0 Å². The second-order valence-corrected chi connectivity index (χ2v) is 9.17. The number of hydrogen-bond acceptors (Lipinski definition) is 4. The molecule has 28 heavy (non-hydrogen) atoms. The number of aryl methyl sites for hydroxylation is 1. The summed E-state index contributed by atoms with van der Waals surface area (Å²) in [6, 6.07) is 8.29. The number of nitrogens with one attached hydrogen (secondary N) is 2. The van der Waals surface area contributed by atoms with Crippen molar-refractivity contribution in [2.45, 2.75) is 55.7 Å². The number of thioether (sulfide) groups is 1. The normalized spacial score (nSPS) is 23.0. The maximum absolute atomic E-state index is 12.9. The van der Waals surface area contributed by atoms with Crippen LogP contribution in [0.1, 0.15) is 38.2 Å². The van der Waals surface area contributed by atoms with Gasteiger partial charge in [-0.05, 0) is 64.1 Å². The van der Waals surface area contributed by atoms with Gasteiger partial charge in [-0.15, -0.1) is 24.2 Å². The summed E-state index contributed by atoms with van der Waals surface area (Å²) in [4.78, 5) is 28.2. The molecule has 0 radical (unpaired) electrons. The molecule has 3 rings (SSSR count). The fourth-order valence-corrected chi connectivity index (χ4v) is 4.79. The summed E-state index contributed by atoms with van der Waals surface area (Å²) in [6.07, 6.45) is 4.08. The fraction of sp³-hybridized carbons (Fsp3) is 0.619. The van der Waals surface area contributed by atoms with Crippen LogP contribution in [-0.4, -0.2) is 54.2 Å². The van der Waals surface area contributed by atoms with E-state index in [1.165, 1.54) is 5.56 Å². The topological polar surface area (TPSA) is 61.4 Å². The average molecular weight is 426 g/mol. The lowest BCUT2D eigenvalue weighted by molar-refractivity contribution is -0.132. The lowest BCUT2D eigenvalue weighted by Crippen LogP contribution is -2.48. The van der Waals surface area contributed by atoms with Crippen LogP contribution in [-0.2, 0) is 9.59 Å². The Morgan fingerprint density at radius 2 is 2.00 bits per heavy atom. The minimum atomic E-state index is -0.0938. The lowest BCUT2D eigenvalue weighted by Gasteiger charge is -2.34. The number of carbonyl (C=O) groups is 2. The van der Waals surface area contributed by atoms with Gasteiger partial charge in [0, 0.05) is 24.5 Å². The van der Waals surface area contributed by atoms with Crippen molar-refractivity contribution in [3.8, 4) is 0 Å². The zero-order valence-electron chi connectivity index (χ0n) is 16.8. The highest BCUT2D eigenvalue weighted by Crippen LogP contribution is 2.26. The van der Waals surface area contributed by atoms with Crippen LogP contribution in [0.2, 0.25) is 0 Å². The number of amides is 2. The third kappa shape index (κ3) is 6.39. The Balaban J connectivity index is 0.00000280. The first-order valence-corrected chi connectivity index (χ1v) is 10.9. The van der Waals surface area contributed by atoms with Gasteiger partial charge in [-0.1, -0.05) is 17.7 Å². The molecule has 0 spiro atoms. The average Bonchev–Trinajstić information content (AvgIpc) is 3.22. The van der Waals surface area contributed by atoms with Gasteiger partial charge < -0.3 is 15.5 Å². The summed E-state index contributed by atoms with van der Waals surface area (Å²) >= 11 is 1.62. The van der Waals surface area contributed by atoms with E-state index in [0.29, 0.717) is 12.5 Å². The van der Waals surface area contributed by atoms with Gasteiger partial charge in [0.1, 0.15) is 0 Å². The number of piperidine rings is 1. The molecule has 7 heteroatoms. The Morgan fingerprint density at radius 1 is 1.25 bits per heavy atom. The number of rotatable bonds is 6. The van der Waals surface area contributed by atoms with Gasteiger partial charge in [-0.3, -0.25) is 9.59 Å². The number of carbonyl (C=O) groups excluding carboxylic acids is 2. The Hall–Kier alpha value is -1.24. The van der Waals surface area contributed by atoms with Crippen LogP contribution in [0.25, 0.3) is 0 Å². The summed E-state index contributed by atoms with van der Waals surface area (Å²) in [7, 11) is 0. The summed E-state index contributed by atoms with van der Waals surface area (Å²) in [5.41, 5.74) is 1.23. The molecule has 0 aliphatic carbocycles. The number of nitrogens with zero attached hydrogens (tertiary/aromatic N) is 1. The number of likely N-dealkylation sites (tertiary alicyclic amines) is 1. The standard InChI is InChI=1S/C21H31N3O2S.ClH/c1-15-7-9-18(10-8-15)27-16(2)21(26)24-12-4-5-17(14-24)13-23-20(25)19-6-3-11-22-19;/h7-10,16-17,19,22H,3-6,11-14H2,1-2H3,(H,23,25);1H. The largest absolute Gasteiger partial charge is 0.354 e. The van der Waals surface area contributed by atoms with Crippen molar-refractivity contribution in [1.29, 1.82) is 0 Å².